The molecule has 1 heterocycles. The molecule has 3 heteroatoms. The molecule has 1 aliphatic heterocycles. The maximum atomic E-state index is 3.59. The van der Waals surface area contributed by atoms with E-state index < -0.39 is 0 Å². The zero-order chi connectivity index (χ0) is 12.3. The highest BCUT2D eigenvalue weighted by atomic mass is 79.9. The minimum absolute atomic E-state index is 0.828. The molecular weight excluding hydrogens is 276 g/mol. The first-order valence-electron chi connectivity index (χ1n) is 6.33. The molecule has 1 aromatic rings. The largest absolute Gasteiger partial charge is 0.385 e. The van der Waals surface area contributed by atoms with Crippen LogP contribution in [0.1, 0.15) is 18.4 Å². The molecule has 0 radical (unpaired) electrons. The van der Waals surface area contributed by atoms with Crippen LogP contribution in [0.15, 0.2) is 22.7 Å². The summed E-state index contributed by atoms with van der Waals surface area (Å²) in [5, 5.41) is 3.59. The van der Waals surface area contributed by atoms with Crippen LogP contribution >= 0.6 is 15.9 Å². The average molecular weight is 297 g/mol. The molecule has 1 saturated heterocycles. The van der Waals surface area contributed by atoms with Gasteiger partial charge in [0.05, 0.1) is 0 Å². The summed E-state index contributed by atoms with van der Waals surface area (Å²) < 4.78 is 1.15. The van der Waals surface area contributed by atoms with Crippen LogP contribution in [0, 0.1) is 12.8 Å². The molecule has 1 aliphatic rings. The Morgan fingerprint density at radius 1 is 1.35 bits per heavy atom. The summed E-state index contributed by atoms with van der Waals surface area (Å²) in [5.41, 5.74) is 2.58. The van der Waals surface area contributed by atoms with Gasteiger partial charge in [-0.2, -0.15) is 0 Å². The van der Waals surface area contributed by atoms with Gasteiger partial charge in [0.25, 0.3) is 0 Å². The number of aryl methyl sites for hydroxylation is 1. The molecule has 17 heavy (non-hydrogen) atoms. The van der Waals surface area contributed by atoms with Crippen molar-refractivity contribution < 1.29 is 0 Å². The first kappa shape index (κ1) is 12.9. The molecule has 0 spiro atoms. The van der Waals surface area contributed by atoms with E-state index in [1.54, 1.807) is 0 Å². The number of nitrogens with one attached hydrogen (secondary N) is 1. The van der Waals surface area contributed by atoms with Crippen molar-refractivity contribution in [3.8, 4) is 0 Å². The van der Waals surface area contributed by atoms with Gasteiger partial charge in [-0.1, -0.05) is 15.9 Å². The van der Waals surface area contributed by atoms with Gasteiger partial charge in [-0.3, -0.25) is 0 Å². The van der Waals surface area contributed by atoms with Crippen LogP contribution in [-0.4, -0.2) is 31.6 Å². The molecule has 1 aromatic carbocycles. The predicted octanol–water partition coefficient (Wildman–Crippen LogP) is 3.51. The number of anilines is 1. The molecule has 0 atom stereocenters. The van der Waals surface area contributed by atoms with Gasteiger partial charge in [-0.25, -0.2) is 0 Å². The fourth-order valence-corrected chi connectivity index (χ4v) is 2.82. The summed E-state index contributed by atoms with van der Waals surface area (Å²) in [7, 11) is 2.21. The van der Waals surface area contributed by atoms with Crippen molar-refractivity contribution in [1.82, 2.24) is 4.90 Å². The maximum absolute atomic E-state index is 3.59. The smallest absolute Gasteiger partial charge is 0.0370 e. The highest BCUT2D eigenvalue weighted by Crippen LogP contribution is 2.22. The second kappa shape index (κ2) is 5.87. The Morgan fingerprint density at radius 3 is 2.71 bits per heavy atom. The molecule has 0 amide bonds. The predicted molar refractivity (Wildman–Crippen MR) is 77.6 cm³/mol. The average Bonchev–Trinajstić information content (AvgIpc) is 2.30. The maximum Gasteiger partial charge on any atom is 0.0370 e. The Morgan fingerprint density at radius 2 is 2.06 bits per heavy atom. The van der Waals surface area contributed by atoms with Crippen molar-refractivity contribution in [2.24, 2.45) is 5.92 Å². The van der Waals surface area contributed by atoms with Gasteiger partial charge in [-0.15, -0.1) is 0 Å². The quantitative estimate of drug-likeness (QED) is 0.918. The van der Waals surface area contributed by atoms with E-state index in [1.807, 2.05) is 0 Å². The lowest BCUT2D eigenvalue weighted by molar-refractivity contribution is 0.226. The first-order valence-corrected chi connectivity index (χ1v) is 7.13. The normalized spacial score (nSPS) is 18.3. The van der Waals surface area contributed by atoms with Crippen LogP contribution in [0.3, 0.4) is 0 Å². The molecule has 0 aliphatic carbocycles. The number of rotatable bonds is 3. The molecule has 1 fully saturated rings. The molecule has 0 bridgehead atoms. The van der Waals surface area contributed by atoms with Gasteiger partial charge in [-0.05, 0) is 69.6 Å². The van der Waals surface area contributed by atoms with Gasteiger partial charge in [0, 0.05) is 16.7 Å². The van der Waals surface area contributed by atoms with Crippen molar-refractivity contribution in [2.75, 3.05) is 32.0 Å². The Labute approximate surface area is 113 Å². The van der Waals surface area contributed by atoms with Crippen LogP contribution in [-0.2, 0) is 0 Å². The lowest BCUT2D eigenvalue weighted by Gasteiger charge is -2.29. The lowest BCUT2D eigenvalue weighted by Crippen LogP contribution is -2.33. The van der Waals surface area contributed by atoms with Gasteiger partial charge >= 0.3 is 0 Å². The van der Waals surface area contributed by atoms with E-state index in [0.717, 1.165) is 16.9 Å². The number of benzene rings is 1. The molecule has 0 unspecified atom stereocenters. The summed E-state index contributed by atoms with van der Waals surface area (Å²) in [5.74, 6) is 0.828. The van der Waals surface area contributed by atoms with E-state index in [2.05, 4.69) is 58.3 Å². The van der Waals surface area contributed by atoms with Crippen LogP contribution < -0.4 is 5.32 Å². The Hall–Kier alpha value is -0.540. The second-order valence-corrected chi connectivity index (χ2v) is 6.00. The molecule has 0 aromatic heterocycles. The first-order chi connectivity index (χ1) is 8.15. The number of nitrogens with zero attached hydrogens (tertiary/aromatic N) is 1. The van der Waals surface area contributed by atoms with Crippen molar-refractivity contribution in [1.29, 1.82) is 0 Å². The zero-order valence-corrected chi connectivity index (χ0v) is 12.3. The Balaban J connectivity index is 1.85. The van der Waals surface area contributed by atoms with E-state index >= 15 is 0 Å². The molecular formula is C14H21BrN2. The van der Waals surface area contributed by atoms with E-state index in [9.17, 15) is 0 Å². The third-order valence-electron chi connectivity index (χ3n) is 3.61. The fourth-order valence-electron chi connectivity index (χ4n) is 2.35. The third-order valence-corrected chi connectivity index (χ3v) is 4.10. The summed E-state index contributed by atoms with van der Waals surface area (Å²) in [6.07, 6.45) is 2.64. The van der Waals surface area contributed by atoms with Crippen molar-refractivity contribution in [2.45, 2.75) is 19.8 Å². The molecule has 94 valence electrons. The SMILES string of the molecule is Cc1cc(Br)ccc1NCC1CCN(C)CC1. The third kappa shape index (κ3) is 3.71. The standard InChI is InChI=1S/C14H21BrN2/c1-11-9-13(15)3-4-14(11)16-10-12-5-7-17(2)8-6-12/h3-4,9,12,16H,5-8,10H2,1-2H3. The number of hydrogen-bond acceptors (Lipinski definition) is 2. The summed E-state index contributed by atoms with van der Waals surface area (Å²) in [6.45, 7) is 5.75. The molecule has 1 N–H and O–H groups in total. The highest BCUT2D eigenvalue weighted by Gasteiger charge is 2.16. The number of piperidine rings is 1. The number of halogens is 1. The van der Waals surface area contributed by atoms with Crippen molar-refractivity contribution in [3.63, 3.8) is 0 Å². The fraction of sp³-hybridized carbons (Fsp3) is 0.571. The minimum atomic E-state index is 0.828. The van der Waals surface area contributed by atoms with E-state index in [1.165, 1.54) is 37.2 Å². The van der Waals surface area contributed by atoms with E-state index in [0.29, 0.717) is 0 Å². The lowest BCUT2D eigenvalue weighted by atomic mass is 9.97. The summed E-state index contributed by atoms with van der Waals surface area (Å²) in [4.78, 5) is 2.42. The second-order valence-electron chi connectivity index (χ2n) is 5.09. The van der Waals surface area contributed by atoms with Gasteiger partial charge < -0.3 is 10.2 Å². The Kier molecular flexibility index (Phi) is 4.46. The monoisotopic (exact) mass is 296 g/mol. The van der Waals surface area contributed by atoms with Crippen molar-refractivity contribution in [3.05, 3.63) is 28.2 Å². The number of likely N-dealkylation sites (tertiary alicyclic amines) is 1. The number of hydrogen-bond donors (Lipinski definition) is 1. The van der Waals surface area contributed by atoms with E-state index in [-0.39, 0.29) is 0 Å². The topological polar surface area (TPSA) is 15.3 Å². The van der Waals surface area contributed by atoms with Crippen LogP contribution in [0.25, 0.3) is 0 Å². The molecule has 2 rings (SSSR count). The summed E-state index contributed by atoms with van der Waals surface area (Å²) >= 11 is 3.50. The van der Waals surface area contributed by atoms with Gasteiger partial charge in [0.1, 0.15) is 0 Å². The van der Waals surface area contributed by atoms with Gasteiger partial charge in [0.2, 0.25) is 0 Å². The molecule has 2 nitrogen and oxygen atoms in total. The zero-order valence-electron chi connectivity index (χ0n) is 10.7. The van der Waals surface area contributed by atoms with Crippen LogP contribution in [0.2, 0.25) is 0 Å². The van der Waals surface area contributed by atoms with E-state index in [4.69, 9.17) is 0 Å². The van der Waals surface area contributed by atoms with Crippen molar-refractivity contribution >= 4 is 21.6 Å². The Bertz CT molecular complexity index is 370. The summed E-state index contributed by atoms with van der Waals surface area (Å²) in [6, 6.07) is 6.43. The van der Waals surface area contributed by atoms with Crippen LogP contribution in [0.5, 0.6) is 0 Å². The molecule has 0 saturated carbocycles. The van der Waals surface area contributed by atoms with Gasteiger partial charge in [0.15, 0.2) is 0 Å². The van der Waals surface area contributed by atoms with Crippen LogP contribution in [0.4, 0.5) is 5.69 Å². The highest BCUT2D eigenvalue weighted by molar-refractivity contribution is 9.10. The minimum Gasteiger partial charge on any atom is -0.385 e.